The lowest BCUT2D eigenvalue weighted by atomic mass is 9.96. The van der Waals surface area contributed by atoms with Crippen molar-refractivity contribution in [2.24, 2.45) is 0 Å². The van der Waals surface area contributed by atoms with E-state index in [1.807, 2.05) is 24.3 Å². The molecular weight excluding hydrogens is 267 g/mol. The summed E-state index contributed by atoms with van der Waals surface area (Å²) in [7, 11) is 1.58. The molecule has 4 heteroatoms. The van der Waals surface area contributed by atoms with Crippen LogP contribution in [-0.2, 0) is 0 Å². The Hall–Kier alpha value is -2.75. The van der Waals surface area contributed by atoms with Gasteiger partial charge in [-0.15, -0.1) is 0 Å². The second kappa shape index (κ2) is 5.32. The van der Waals surface area contributed by atoms with Crippen LogP contribution < -0.4 is 5.32 Å². The van der Waals surface area contributed by atoms with E-state index < -0.39 is 0 Å². The summed E-state index contributed by atoms with van der Waals surface area (Å²) in [5.41, 5.74) is 2.82. The molecular formula is C17H13FN2O. The maximum Gasteiger partial charge on any atom is 0.253 e. The van der Waals surface area contributed by atoms with Gasteiger partial charge in [0.05, 0.1) is 11.1 Å². The van der Waals surface area contributed by atoms with Crippen LogP contribution in [0.4, 0.5) is 4.39 Å². The lowest BCUT2D eigenvalue weighted by Crippen LogP contribution is -2.19. The lowest BCUT2D eigenvalue weighted by Gasteiger charge is -2.12. The van der Waals surface area contributed by atoms with E-state index in [1.165, 1.54) is 12.1 Å². The van der Waals surface area contributed by atoms with Crippen molar-refractivity contribution in [1.29, 1.82) is 0 Å². The Bertz CT molecular complexity index is 813. The van der Waals surface area contributed by atoms with Crippen molar-refractivity contribution in [3.63, 3.8) is 0 Å². The van der Waals surface area contributed by atoms with Crippen LogP contribution in [0.15, 0.2) is 54.7 Å². The summed E-state index contributed by atoms with van der Waals surface area (Å²) >= 11 is 0. The fourth-order valence-corrected chi connectivity index (χ4v) is 2.38. The van der Waals surface area contributed by atoms with Crippen molar-refractivity contribution in [2.45, 2.75) is 0 Å². The van der Waals surface area contributed by atoms with Crippen molar-refractivity contribution in [3.8, 4) is 11.1 Å². The molecule has 0 saturated carbocycles. The molecule has 21 heavy (non-hydrogen) atoms. The summed E-state index contributed by atoms with van der Waals surface area (Å²) in [6, 6.07) is 13.7. The zero-order chi connectivity index (χ0) is 14.8. The van der Waals surface area contributed by atoms with Gasteiger partial charge in [-0.1, -0.05) is 30.3 Å². The van der Waals surface area contributed by atoms with Crippen LogP contribution in [0, 0.1) is 5.82 Å². The molecule has 3 rings (SSSR count). The molecule has 3 aromatic rings. The molecule has 0 radical (unpaired) electrons. The molecule has 0 spiro atoms. The minimum atomic E-state index is -0.307. The summed E-state index contributed by atoms with van der Waals surface area (Å²) in [5, 5.41) is 3.48. The van der Waals surface area contributed by atoms with Crippen LogP contribution in [0.25, 0.3) is 22.0 Å². The topological polar surface area (TPSA) is 42.0 Å². The molecule has 1 aromatic heterocycles. The Morgan fingerprint density at radius 3 is 2.52 bits per heavy atom. The predicted octanol–water partition coefficient (Wildman–Crippen LogP) is 3.40. The van der Waals surface area contributed by atoms with Gasteiger partial charge in [0.25, 0.3) is 5.91 Å². The van der Waals surface area contributed by atoms with Gasteiger partial charge in [0.15, 0.2) is 0 Å². The smallest absolute Gasteiger partial charge is 0.253 e. The molecule has 0 atom stereocenters. The van der Waals surface area contributed by atoms with Crippen LogP contribution in [-0.4, -0.2) is 17.9 Å². The van der Waals surface area contributed by atoms with E-state index >= 15 is 0 Å². The molecule has 1 heterocycles. The quantitative estimate of drug-likeness (QED) is 0.781. The fraction of sp³-hybridized carbons (Fsp3) is 0.0588. The first-order chi connectivity index (χ1) is 10.2. The first-order valence-corrected chi connectivity index (χ1v) is 6.56. The van der Waals surface area contributed by atoms with E-state index in [-0.39, 0.29) is 11.7 Å². The largest absolute Gasteiger partial charge is 0.355 e. The molecule has 1 N–H and O–H groups in total. The van der Waals surface area contributed by atoms with Crippen molar-refractivity contribution < 1.29 is 9.18 Å². The molecule has 1 amide bonds. The average molecular weight is 280 g/mol. The number of carbonyl (C=O) groups excluding carboxylic acids is 1. The van der Waals surface area contributed by atoms with Gasteiger partial charge in [-0.05, 0) is 23.8 Å². The Labute approximate surface area is 121 Å². The van der Waals surface area contributed by atoms with E-state index in [1.54, 1.807) is 25.4 Å². The molecule has 0 aliphatic carbocycles. The number of nitrogens with zero attached hydrogens (tertiary/aromatic N) is 1. The Morgan fingerprint density at radius 2 is 1.81 bits per heavy atom. The first kappa shape index (κ1) is 13.2. The summed E-state index contributed by atoms with van der Waals surface area (Å²) < 4.78 is 13.1. The summed E-state index contributed by atoms with van der Waals surface area (Å²) in [6.07, 6.45) is 1.56. The first-order valence-electron chi connectivity index (χ1n) is 6.56. The van der Waals surface area contributed by atoms with Crippen LogP contribution >= 0.6 is 0 Å². The predicted molar refractivity (Wildman–Crippen MR) is 80.5 cm³/mol. The number of halogens is 1. The molecule has 0 unspecified atom stereocenters. The Kier molecular flexibility index (Phi) is 3.36. The third-order valence-corrected chi connectivity index (χ3v) is 3.38. The number of fused-ring (bicyclic) bond motifs is 1. The normalized spacial score (nSPS) is 10.6. The summed E-state index contributed by atoms with van der Waals surface area (Å²) in [4.78, 5) is 16.4. The minimum Gasteiger partial charge on any atom is -0.355 e. The van der Waals surface area contributed by atoms with Crippen molar-refractivity contribution >= 4 is 16.8 Å². The van der Waals surface area contributed by atoms with Crippen LogP contribution in [0.5, 0.6) is 0 Å². The highest BCUT2D eigenvalue weighted by atomic mass is 19.1. The molecule has 2 aromatic carbocycles. The number of carbonyl (C=O) groups is 1. The number of nitrogens with one attached hydrogen (secondary N) is 1. The van der Waals surface area contributed by atoms with Gasteiger partial charge < -0.3 is 5.32 Å². The molecule has 0 fully saturated rings. The van der Waals surface area contributed by atoms with E-state index in [0.29, 0.717) is 5.56 Å². The lowest BCUT2D eigenvalue weighted by molar-refractivity contribution is 0.0963. The molecule has 104 valence electrons. The van der Waals surface area contributed by atoms with Crippen molar-refractivity contribution in [1.82, 2.24) is 10.3 Å². The van der Waals surface area contributed by atoms with Gasteiger partial charge in [0.1, 0.15) is 5.82 Å². The number of para-hydroxylation sites is 1. The second-order valence-corrected chi connectivity index (χ2v) is 4.65. The van der Waals surface area contributed by atoms with Crippen molar-refractivity contribution in [3.05, 3.63) is 66.1 Å². The molecule has 0 saturated heterocycles. The summed E-state index contributed by atoms with van der Waals surface area (Å²) in [6.45, 7) is 0. The van der Waals surface area contributed by atoms with Gasteiger partial charge in [-0.3, -0.25) is 9.78 Å². The third kappa shape index (κ3) is 2.36. The van der Waals surface area contributed by atoms with E-state index in [9.17, 15) is 9.18 Å². The third-order valence-electron chi connectivity index (χ3n) is 3.38. The number of aromatic nitrogens is 1. The van der Waals surface area contributed by atoms with Crippen LogP contribution in [0.3, 0.4) is 0 Å². The maximum absolute atomic E-state index is 13.1. The van der Waals surface area contributed by atoms with Gasteiger partial charge in [-0.2, -0.15) is 0 Å². The van der Waals surface area contributed by atoms with Gasteiger partial charge in [0.2, 0.25) is 0 Å². The number of hydrogen-bond donors (Lipinski definition) is 1. The molecule has 0 aliphatic heterocycles. The van der Waals surface area contributed by atoms with E-state index in [2.05, 4.69) is 10.3 Å². The van der Waals surface area contributed by atoms with Crippen LogP contribution in [0.1, 0.15) is 10.4 Å². The molecule has 0 aliphatic rings. The van der Waals surface area contributed by atoms with Gasteiger partial charge >= 0.3 is 0 Å². The average Bonchev–Trinajstić information content (AvgIpc) is 2.54. The van der Waals surface area contributed by atoms with E-state index in [0.717, 1.165) is 22.0 Å². The van der Waals surface area contributed by atoms with E-state index in [4.69, 9.17) is 0 Å². The SMILES string of the molecule is CNC(=O)c1cnc2ccccc2c1-c1ccc(F)cc1. The second-order valence-electron chi connectivity index (χ2n) is 4.65. The van der Waals surface area contributed by atoms with Gasteiger partial charge in [0, 0.05) is 24.2 Å². The molecule has 3 nitrogen and oxygen atoms in total. The number of amides is 1. The summed E-state index contributed by atoms with van der Waals surface area (Å²) in [5.74, 6) is -0.522. The molecule has 0 bridgehead atoms. The zero-order valence-corrected chi connectivity index (χ0v) is 11.4. The minimum absolute atomic E-state index is 0.215. The van der Waals surface area contributed by atoms with Crippen LogP contribution in [0.2, 0.25) is 0 Å². The number of rotatable bonds is 2. The van der Waals surface area contributed by atoms with Crippen molar-refractivity contribution in [2.75, 3.05) is 7.05 Å². The Balaban J connectivity index is 2.35. The standard InChI is InChI=1S/C17H13FN2O/c1-19-17(21)14-10-20-15-5-3-2-4-13(15)16(14)11-6-8-12(18)9-7-11/h2-10H,1H3,(H,19,21). The highest BCUT2D eigenvalue weighted by molar-refractivity contribution is 6.08. The number of benzene rings is 2. The highest BCUT2D eigenvalue weighted by Crippen LogP contribution is 2.31. The number of hydrogen-bond acceptors (Lipinski definition) is 2. The Morgan fingerprint density at radius 1 is 1.10 bits per heavy atom. The number of pyridine rings is 1. The monoisotopic (exact) mass is 280 g/mol. The van der Waals surface area contributed by atoms with Gasteiger partial charge in [-0.25, -0.2) is 4.39 Å². The maximum atomic E-state index is 13.1. The highest BCUT2D eigenvalue weighted by Gasteiger charge is 2.15. The zero-order valence-electron chi connectivity index (χ0n) is 11.4. The fourth-order valence-electron chi connectivity index (χ4n) is 2.38.